The number of hydrogen-bond donors (Lipinski definition) is 0. The van der Waals surface area contributed by atoms with Crippen molar-refractivity contribution in [1.82, 2.24) is 14.1 Å². The van der Waals surface area contributed by atoms with Gasteiger partial charge in [-0.05, 0) is 138 Å². The van der Waals surface area contributed by atoms with Gasteiger partial charge in [0.05, 0.1) is 27.8 Å². The quantitative estimate of drug-likeness (QED) is 0.167. The minimum atomic E-state index is -1.62. The number of para-hydroxylation sites is 2. The standard InChI is InChI=1S/C71H70N4O/c1-68(2,3)43-45-35-46(37-48(36-45)70(7,8)9)60-38-49(71(10,11)12)39-61-56-26-16-14-24-54(56)53-23-13-15-25-55(53)59-28-20-30-63-67(59)74(66(60)61)44-73(63)50-21-19-22-51(41-50)76-52-31-32-58-57-27-17-18-29-62(57)75(64(58)42-52)65-40-47(33-34-72-65)69(4,5)6/h13-42H,43-44H2,1-12H3/i43D2. The number of pyridine rings is 1. The van der Waals surface area contributed by atoms with Crippen LogP contribution in [0.2, 0.25) is 0 Å². The molecule has 3 aromatic heterocycles. The Labute approximate surface area is 451 Å². The molecule has 0 N–H and O–H groups in total. The fourth-order valence-corrected chi connectivity index (χ4v) is 11.5. The Morgan fingerprint density at radius 3 is 1.75 bits per heavy atom. The minimum absolute atomic E-state index is 0.0377. The van der Waals surface area contributed by atoms with Crippen LogP contribution < -0.4 is 9.64 Å². The van der Waals surface area contributed by atoms with E-state index < -0.39 is 11.8 Å². The second-order valence-electron chi connectivity index (χ2n) is 25.1. The third kappa shape index (κ3) is 8.74. The molecule has 0 spiro atoms. The Bertz CT molecular complexity index is 4300. The molecule has 12 rings (SSSR count). The molecule has 5 heteroatoms. The monoisotopic (exact) mass is 997 g/mol. The summed E-state index contributed by atoms with van der Waals surface area (Å²) in [7, 11) is 0. The Kier molecular flexibility index (Phi) is 11.0. The molecule has 0 fully saturated rings. The Balaban J connectivity index is 1.10. The lowest BCUT2D eigenvalue weighted by atomic mass is 9.79. The summed E-state index contributed by atoms with van der Waals surface area (Å²) in [4.78, 5) is 7.36. The molecule has 0 bridgehead atoms. The van der Waals surface area contributed by atoms with Gasteiger partial charge in [0.1, 0.15) is 24.0 Å². The second kappa shape index (κ2) is 17.9. The summed E-state index contributed by atoms with van der Waals surface area (Å²) >= 11 is 0. The molecule has 8 aromatic carbocycles. The number of benzene rings is 8. The van der Waals surface area contributed by atoms with Crippen LogP contribution in [0.1, 0.15) is 108 Å². The summed E-state index contributed by atoms with van der Waals surface area (Å²) in [5.41, 5.74) is 11.6. The van der Waals surface area contributed by atoms with E-state index in [9.17, 15) is 2.74 Å². The van der Waals surface area contributed by atoms with Gasteiger partial charge in [0.2, 0.25) is 0 Å². The van der Waals surface area contributed by atoms with Crippen LogP contribution in [0.15, 0.2) is 182 Å². The highest BCUT2D eigenvalue weighted by Gasteiger charge is 2.29. The first-order valence-electron chi connectivity index (χ1n) is 28.0. The third-order valence-corrected chi connectivity index (χ3v) is 15.3. The zero-order valence-electron chi connectivity index (χ0n) is 48.2. The minimum Gasteiger partial charge on any atom is -0.457 e. The van der Waals surface area contributed by atoms with E-state index in [4.69, 9.17) is 9.72 Å². The summed E-state index contributed by atoms with van der Waals surface area (Å²) < 4.78 is 31.2. The van der Waals surface area contributed by atoms with E-state index in [1.807, 2.05) is 33.0 Å². The molecule has 5 nitrogen and oxygen atoms in total. The second-order valence-corrected chi connectivity index (χ2v) is 25.1. The lowest BCUT2D eigenvalue weighted by Gasteiger charge is -2.26. The largest absolute Gasteiger partial charge is 0.457 e. The number of nitrogens with zero attached hydrogens (tertiary/aromatic N) is 4. The van der Waals surface area contributed by atoms with Gasteiger partial charge in [0, 0.05) is 53.9 Å². The molecule has 0 amide bonds. The zero-order valence-corrected chi connectivity index (χ0v) is 46.2. The maximum Gasteiger partial charge on any atom is 0.137 e. The molecule has 0 saturated heterocycles. The Morgan fingerprint density at radius 2 is 1.07 bits per heavy atom. The summed E-state index contributed by atoms with van der Waals surface area (Å²) in [6, 6.07) is 63.7. The molecule has 1 aliphatic rings. The topological polar surface area (TPSA) is 35.2 Å². The molecule has 4 heterocycles. The van der Waals surface area contributed by atoms with Crippen molar-refractivity contribution in [2.45, 2.75) is 112 Å². The maximum atomic E-state index is 9.73. The van der Waals surface area contributed by atoms with Gasteiger partial charge in [-0.15, -0.1) is 0 Å². The number of aromatic nitrogens is 3. The number of ether oxygens (including phenoxy) is 1. The lowest BCUT2D eigenvalue weighted by molar-refractivity contribution is 0.411. The van der Waals surface area contributed by atoms with Gasteiger partial charge in [0.15, 0.2) is 0 Å². The lowest BCUT2D eigenvalue weighted by Crippen LogP contribution is -2.16. The van der Waals surface area contributed by atoms with Gasteiger partial charge in [0.25, 0.3) is 0 Å². The van der Waals surface area contributed by atoms with Crippen LogP contribution in [0.4, 0.5) is 11.4 Å². The summed E-state index contributed by atoms with van der Waals surface area (Å²) in [5, 5.41) is 9.26. The van der Waals surface area contributed by atoms with Crippen molar-refractivity contribution in [3.63, 3.8) is 0 Å². The first-order valence-corrected chi connectivity index (χ1v) is 27.0. The van der Waals surface area contributed by atoms with E-state index in [0.29, 0.717) is 12.2 Å². The number of anilines is 2. The molecule has 0 radical (unpaired) electrons. The van der Waals surface area contributed by atoms with Gasteiger partial charge in [-0.3, -0.25) is 4.57 Å². The highest BCUT2D eigenvalue weighted by Crippen LogP contribution is 2.47. The third-order valence-electron chi connectivity index (χ3n) is 15.3. The molecular weight excluding hydrogens is 925 g/mol. The van der Waals surface area contributed by atoms with Crippen LogP contribution in [0, 0.1) is 5.41 Å². The van der Waals surface area contributed by atoms with Crippen LogP contribution in [0.5, 0.6) is 11.5 Å². The molecule has 380 valence electrons. The smallest absolute Gasteiger partial charge is 0.137 e. The van der Waals surface area contributed by atoms with Gasteiger partial charge in [-0.2, -0.15) is 0 Å². The van der Waals surface area contributed by atoms with E-state index >= 15 is 0 Å². The zero-order chi connectivity index (χ0) is 54.8. The van der Waals surface area contributed by atoms with Crippen molar-refractivity contribution in [2.75, 3.05) is 4.90 Å². The van der Waals surface area contributed by atoms with Crippen LogP contribution in [-0.2, 0) is 29.3 Å². The van der Waals surface area contributed by atoms with E-state index in [2.05, 4.69) is 246 Å². The SMILES string of the molecule is [2H]C([2H])(c1cc(-c2cc(C(C)(C)C)cc3c4ccccc4c4ccccc4c4cccc5c4n(c23)CN5c2cccc(Oc3ccc4c5ccccc5n(-c5cc(C(C)(C)C)ccn5)c4c3)c2)cc(C(C)(C)C)c1)C(C)(C)C. The summed E-state index contributed by atoms with van der Waals surface area (Å²) in [6.07, 6.45) is 0.298. The van der Waals surface area contributed by atoms with Crippen LogP contribution >= 0.6 is 0 Å². The van der Waals surface area contributed by atoms with Crippen molar-refractivity contribution >= 4 is 76.5 Å². The molecule has 0 atom stereocenters. The van der Waals surface area contributed by atoms with Crippen LogP contribution in [-0.4, -0.2) is 14.1 Å². The number of fused-ring (bicyclic) bond motifs is 10. The number of rotatable bonds is 6. The highest BCUT2D eigenvalue weighted by molar-refractivity contribution is 6.22. The average Bonchev–Trinajstić information content (AvgIpc) is 4.08. The molecule has 1 aliphatic heterocycles. The average molecular weight is 997 g/mol. The van der Waals surface area contributed by atoms with E-state index in [0.717, 1.165) is 89.0 Å². The van der Waals surface area contributed by atoms with Crippen LogP contribution in [0.25, 0.3) is 82.1 Å². The normalized spacial score (nSPS) is 13.8. The molecule has 0 saturated carbocycles. The predicted molar refractivity (Wildman–Crippen MR) is 324 cm³/mol. The van der Waals surface area contributed by atoms with E-state index in [-0.39, 0.29) is 16.2 Å². The van der Waals surface area contributed by atoms with Gasteiger partial charge in [-0.1, -0.05) is 186 Å². The summed E-state index contributed by atoms with van der Waals surface area (Å²) in [6.45, 7) is 26.8. The van der Waals surface area contributed by atoms with Crippen molar-refractivity contribution in [1.29, 1.82) is 0 Å². The predicted octanol–water partition coefficient (Wildman–Crippen LogP) is 19.8. The van der Waals surface area contributed by atoms with Gasteiger partial charge in [-0.25, -0.2) is 4.98 Å². The fraction of sp³-hybridized carbons (Fsp3) is 0.254. The van der Waals surface area contributed by atoms with Gasteiger partial charge < -0.3 is 14.2 Å². The Morgan fingerprint density at radius 1 is 0.474 bits per heavy atom. The van der Waals surface area contributed by atoms with Crippen molar-refractivity contribution in [3.05, 3.63) is 204 Å². The van der Waals surface area contributed by atoms with E-state index in [1.165, 1.54) is 32.7 Å². The van der Waals surface area contributed by atoms with E-state index in [1.54, 1.807) is 0 Å². The molecular formula is C71H70N4O. The van der Waals surface area contributed by atoms with Crippen molar-refractivity contribution in [3.8, 4) is 28.4 Å². The highest BCUT2D eigenvalue weighted by atomic mass is 16.5. The molecule has 11 aromatic rings. The Hall–Kier alpha value is -7.89. The molecule has 0 aliphatic carbocycles. The van der Waals surface area contributed by atoms with Crippen molar-refractivity contribution < 1.29 is 7.48 Å². The van der Waals surface area contributed by atoms with Gasteiger partial charge >= 0.3 is 0 Å². The fourth-order valence-electron chi connectivity index (χ4n) is 11.5. The molecule has 0 unspecified atom stereocenters. The maximum absolute atomic E-state index is 9.73. The number of hydrogen-bond acceptors (Lipinski definition) is 3. The first kappa shape index (κ1) is 46.6. The first-order chi connectivity index (χ1) is 37.0. The molecule has 76 heavy (non-hydrogen) atoms. The van der Waals surface area contributed by atoms with Crippen molar-refractivity contribution in [2.24, 2.45) is 5.41 Å². The summed E-state index contributed by atoms with van der Waals surface area (Å²) in [5.74, 6) is 2.34. The van der Waals surface area contributed by atoms with Crippen LogP contribution in [0.3, 0.4) is 0 Å².